The maximum absolute atomic E-state index is 13.3. The Morgan fingerprint density at radius 1 is 0.946 bits per heavy atom. The normalized spacial score (nSPS) is 15.2. The van der Waals surface area contributed by atoms with Crippen molar-refractivity contribution < 1.29 is 37.0 Å². The van der Waals surface area contributed by atoms with Crippen LogP contribution in [0.3, 0.4) is 0 Å². The molecule has 1 fully saturated rings. The van der Waals surface area contributed by atoms with E-state index < -0.39 is 17.5 Å². The van der Waals surface area contributed by atoms with Crippen LogP contribution in [0.4, 0.5) is 18.9 Å². The molecule has 1 heterocycles. The number of nitrogens with zero attached hydrogens (tertiary/aromatic N) is 1. The first-order chi connectivity index (χ1) is 17.6. The molecule has 0 radical (unpaired) electrons. The molecule has 7 nitrogen and oxygen atoms in total. The van der Waals surface area contributed by atoms with Gasteiger partial charge in [0, 0.05) is 30.9 Å². The van der Waals surface area contributed by atoms with Crippen LogP contribution in [0.2, 0.25) is 0 Å². The second-order valence-electron chi connectivity index (χ2n) is 9.14. The zero-order valence-corrected chi connectivity index (χ0v) is 20.0. The van der Waals surface area contributed by atoms with Crippen molar-refractivity contribution in [1.82, 2.24) is 4.90 Å². The zero-order chi connectivity index (χ0) is 26.4. The summed E-state index contributed by atoms with van der Waals surface area (Å²) in [4.78, 5) is 26.9. The number of hydrogen-bond acceptors (Lipinski definition) is 5. The number of rotatable bonds is 6. The van der Waals surface area contributed by atoms with Crippen molar-refractivity contribution in [2.45, 2.75) is 24.6 Å². The Labute approximate surface area is 210 Å². The molecule has 2 amide bonds. The van der Waals surface area contributed by atoms with Crippen LogP contribution >= 0.6 is 0 Å². The molecule has 192 valence electrons. The summed E-state index contributed by atoms with van der Waals surface area (Å²) < 4.78 is 54.3. The van der Waals surface area contributed by atoms with E-state index in [0.29, 0.717) is 41.2 Å². The van der Waals surface area contributed by atoms with E-state index in [1.165, 1.54) is 41.3 Å². The lowest BCUT2D eigenvalue weighted by Crippen LogP contribution is -2.27. The summed E-state index contributed by atoms with van der Waals surface area (Å²) in [6.07, 6.45) is -3.65. The van der Waals surface area contributed by atoms with Crippen LogP contribution in [-0.2, 0) is 10.2 Å². The largest absolute Gasteiger partial charge is 0.573 e. The smallest absolute Gasteiger partial charge is 0.454 e. The number of benzene rings is 3. The minimum atomic E-state index is -4.90. The van der Waals surface area contributed by atoms with Gasteiger partial charge in [-0.05, 0) is 66.4 Å². The molecule has 0 saturated heterocycles. The number of amides is 2. The minimum Gasteiger partial charge on any atom is -0.454 e. The van der Waals surface area contributed by atoms with Crippen LogP contribution < -0.4 is 19.5 Å². The fourth-order valence-electron chi connectivity index (χ4n) is 4.31. The summed E-state index contributed by atoms with van der Waals surface area (Å²) in [5.74, 6) is 0.257. The molecule has 2 aliphatic rings. The van der Waals surface area contributed by atoms with Crippen LogP contribution in [0.5, 0.6) is 17.2 Å². The predicted molar refractivity (Wildman–Crippen MR) is 129 cm³/mol. The third kappa shape index (κ3) is 4.91. The average molecular weight is 512 g/mol. The molecule has 37 heavy (non-hydrogen) atoms. The van der Waals surface area contributed by atoms with E-state index in [1.807, 2.05) is 6.07 Å². The molecule has 0 atom stereocenters. The van der Waals surface area contributed by atoms with Gasteiger partial charge in [-0.15, -0.1) is 13.2 Å². The number of halogens is 3. The molecular formula is C27H23F3N2O5. The fourth-order valence-corrected chi connectivity index (χ4v) is 4.31. The van der Waals surface area contributed by atoms with E-state index in [2.05, 4.69) is 10.1 Å². The second kappa shape index (κ2) is 9.02. The van der Waals surface area contributed by atoms with Crippen molar-refractivity contribution in [1.29, 1.82) is 0 Å². The van der Waals surface area contributed by atoms with E-state index in [4.69, 9.17) is 9.47 Å². The van der Waals surface area contributed by atoms with Crippen molar-refractivity contribution >= 4 is 17.5 Å². The van der Waals surface area contributed by atoms with Gasteiger partial charge in [0.05, 0.1) is 5.41 Å². The third-order valence-electron chi connectivity index (χ3n) is 6.42. The van der Waals surface area contributed by atoms with Gasteiger partial charge in [0.25, 0.3) is 5.91 Å². The monoisotopic (exact) mass is 512 g/mol. The average Bonchev–Trinajstić information content (AvgIpc) is 3.54. The number of hydrogen-bond donors (Lipinski definition) is 1. The van der Waals surface area contributed by atoms with Gasteiger partial charge in [0.1, 0.15) is 5.75 Å². The van der Waals surface area contributed by atoms with Crippen molar-refractivity contribution in [3.05, 3.63) is 71.8 Å². The highest BCUT2D eigenvalue weighted by molar-refractivity contribution is 6.02. The number of carbonyl (C=O) groups is 2. The van der Waals surface area contributed by atoms with Crippen LogP contribution in [0, 0.1) is 0 Å². The lowest BCUT2D eigenvalue weighted by Gasteiger charge is -2.19. The van der Waals surface area contributed by atoms with Crippen LogP contribution in [0.1, 0.15) is 28.8 Å². The van der Waals surface area contributed by atoms with Crippen molar-refractivity contribution in [3.63, 3.8) is 0 Å². The molecule has 0 bridgehead atoms. The van der Waals surface area contributed by atoms with E-state index in [1.54, 1.807) is 26.2 Å². The van der Waals surface area contributed by atoms with E-state index >= 15 is 0 Å². The lowest BCUT2D eigenvalue weighted by atomic mass is 9.94. The predicted octanol–water partition coefficient (Wildman–Crippen LogP) is 5.35. The number of carbonyl (C=O) groups excluding carboxylic acids is 2. The maximum atomic E-state index is 13.3. The zero-order valence-electron chi connectivity index (χ0n) is 20.0. The Morgan fingerprint density at radius 2 is 1.65 bits per heavy atom. The SMILES string of the molecule is CN(C)C(=O)c1ccc(-c2cc(NC(=O)C3(c4ccc5c(c4)OCO5)CC3)ccc2OC(F)(F)F)cc1. The standard InChI is InChI=1S/C27H23F3N2O5/c1-32(2)24(33)17-5-3-16(4-6-17)20-14-19(8-10-21(20)37-27(28,29)30)31-25(34)26(11-12-26)18-7-9-22-23(13-18)36-15-35-22/h3-10,13-14H,11-12,15H2,1-2H3,(H,31,34). The Balaban J connectivity index is 1.43. The highest BCUT2D eigenvalue weighted by Crippen LogP contribution is 2.51. The van der Waals surface area contributed by atoms with Gasteiger partial charge in [-0.3, -0.25) is 9.59 Å². The lowest BCUT2D eigenvalue weighted by molar-refractivity contribution is -0.274. The molecule has 3 aromatic rings. The summed E-state index contributed by atoms with van der Waals surface area (Å²) >= 11 is 0. The summed E-state index contributed by atoms with van der Waals surface area (Å²) in [5, 5.41) is 2.85. The third-order valence-corrected chi connectivity index (χ3v) is 6.42. The first-order valence-corrected chi connectivity index (χ1v) is 11.5. The molecule has 0 unspecified atom stereocenters. The molecule has 1 saturated carbocycles. The number of alkyl halides is 3. The fraction of sp³-hybridized carbons (Fsp3) is 0.259. The van der Waals surface area contributed by atoms with Gasteiger partial charge >= 0.3 is 6.36 Å². The second-order valence-corrected chi connectivity index (χ2v) is 9.14. The van der Waals surface area contributed by atoms with Gasteiger partial charge in [0.15, 0.2) is 11.5 Å². The van der Waals surface area contributed by atoms with E-state index in [9.17, 15) is 22.8 Å². The molecule has 1 N–H and O–H groups in total. The number of ether oxygens (including phenoxy) is 3. The molecule has 10 heteroatoms. The highest BCUT2D eigenvalue weighted by Gasteiger charge is 2.51. The number of nitrogens with one attached hydrogen (secondary N) is 1. The van der Waals surface area contributed by atoms with Gasteiger partial charge in [-0.25, -0.2) is 0 Å². The van der Waals surface area contributed by atoms with Gasteiger partial charge in [-0.1, -0.05) is 18.2 Å². The highest BCUT2D eigenvalue weighted by atomic mass is 19.4. The van der Waals surface area contributed by atoms with Crippen molar-refractivity contribution in [2.24, 2.45) is 0 Å². The Kier molecular flexibility index (Phi) is 5.97. The molecule has 1 aliphatic heterocycles. The van der Waals surface area contributed by atoms with Gasteiger partial charge in [-0.2, -0.15) is 0 Å². The summed E-state index contributed by atoms with van der Waals surface area (Å²) in [6.45, 7) is 0.122. The quantitative estimate of drug-likeness (QED) is 0.482. The summed E-state index contributed by atoms with van der Waals surface area (Å²) in [5.41, 5.74) is 1.24. The summed E-state index contributed by atoms with van der Waals surface area (Å²) in [7, 11) is 3.21. The van der Waals surface area contributed by atoms with Crippen LogP contribution in [-0.4, -0.2) is 44.0 Å². The molecular weight excluding hydrogens is 489 g/mol. The van der Waals surface area contributed by atoms with Gasteiger partial charge in [0.2, 0.25) is 12.7 Å². The van der Waals surface area contributed by atoms with Gasteiger partial charge < -0.3 is 24.4 Å². The number of anilines is 1. The van der Waals surface area contributed by atoms with Crippen molar-refractivity contribution in [3.8, 4) is 28.4 Å². The molecule has 5 rings (SSSR count). The molecule has 0 spiro atoms. The van der Waals surface area contributed by atoms with E-state index in [0.717, 1.165) is 11.6 Å². The molecule has 0 aromatic heterocycles. The van der Waals surface area contributed by atoms with E-state index in [-0.39, 0.29) is 24.2 Å². The maximum Gasteiger partial charge on any atom is 0.573 e. The first-order valence-electron chi connectivity index (χ1n) is 11.5. The first kappa shape index (κ1) is 24.5. The number of fused-ring (bicyclic) bond motifs is 1. The Morgan fingerprint density at radius 3 is 2.30 bits per heavy atom. The topological polar surface area (TPSA) is 77.1 Å². The molecule has 3 aromatic carbocycles. The molecule has 1 aliphatic carbocycles. The Hall–Kier alpha value is -4.21. The van der Waals surface area contributed by atoms with Crippen LogP contribution in [0.15, 0.2) is 60.7 Å². The Bertz CT molecular complexity index is 1370. The summed E-state index contributed by atoms with van der Waals surface area (Å²) in [6, 6.07) is 15.5. The van der Waals surface area contributed by atoms with Crippen LogP contribution in [0.25, 0.3) is 11.1 Å². The minimum absolute atomic E-state index is 0.118. The van der Waals surface area contributed by atoms with Crippen molar-refractivity contribution in [2.75, 3.05) is 26.2 Å².